The Hall–Kier alpha value is -1.29. The number of aromatic hydroxyl groups is 1. The molecule has 122 valence electrons. The van der Waals surface area contributed by atoms with Crippen LogP contribution in [0.5, 0.6) is 5.75 Å². The lowest BCUT2D eigenvalue weighted by Gasteiger charge is -2.39. The van der Waals surface area contributed by atoms with Crippen molar-refractivity contribution in [1.82, 2.24) is 5.32 Å². The lowest BCUT2D eigenvalue weighted by Crippen LogP contribution is -2.51. The van der Waals surface area contributed by atoms with Crippen molar-refractivity contribution in [1.29, 1.82) is 0 Å². The van der Waals surface area contributed by atoms with E-state index < -0.39 is 5.82 Å². The lowest BCUT2D eigenvalue weighted by molar-refractivity contribution is 0.313. The third-order valence-electron chi connectivity index (χ3n) is 5.25. The molecule has 1 atom stereocenters. The fourth-order valence-electron chi connectivity index (χ4n) is 3.94. The van der Waals surface area contributed by atoms with E-state index in [0.29, 0.717) is 6.04 Å². The Morgan fingerprint density at radius 3 is 2.77 bits per heavy atom. The van der Waals surface area contributed by atoms with Crippen LogP contribution in [-0.2, 0) is 0 Å². The summed E-state index contributed by atoms with van der Waals surface area (Å²) in [6.07, 6.45) is 9.40. The number of hydrogen-bond donors (Lipinski definition) is 2. The van der Waals surface area contributed by atoms with Gasteiger partial charge in [0, 0.05) is 37.4 Å². The highest BCUT2D eigenvalue weighted by molar-refractivity contribution is 5.51. The first kappa shape index (κ1) is 15.6. The van der Waals surface area contributed by atoms with Crippen molar-refractivity contribution in [3.63, 3.8) is 0 Å². The summed E-state index contributed by atoms with van der Waals surface area (Å²) < 4.78 is 13.6. The molecule has 2 aliphatic rings. The number of halogens is 1. The predicted molar refractivity (Wildman–Crippen MR) is 87.9 cm³/mol. The van der Waals surface area contributed by atoms with E-state index in [1.54, 1.807) is 0 Å². The molecular formula is C18H27FN2O. The van der Waals surface area contributed by atoms with Gasteiger partial charge in [-0.1, -0.05) is 32.1 Å². The number of phenolic OH excluding ortho intramolecular Hbond substituents is 1. The quantitative estimate of drug-likeness (QED) is 0.891. The molecule has 1 heterocycles. The summed E-state index contributed by atoms with van der Waals surface area (Å²) >= 11 is 0. The van der Waals surface area contributed by atoms with Gasteiger partial charge in [0.15, 0.2) is 11.6 Å². The van der Waals surface area contributed by atoms with Gasteiger partial charge in [-0.05, 0) is 30.9 Å². The van der Waals surface area contributed by atoms with Crippen LogP contribution in [0, 0.1) is 11.7 Å². The summed E-state index contributed by atoms with van der Waals surface area (Å²) in [4.78, 5) is 2.31. The molecule has 1 aliphatic heterocycles. The summed E-state index contributed by atoms with van der Waals surface area (Å²) in [6.45, 7) is 2.80. The maximum absolute atomic E-state index is 13.6. The predicted octanol–water partition coefficient (Wildman–Crippen LogP) is 3.67. The molecule has 0 amide bonds. The maximum atomic E-state index is 13.6. The molecule has 1 saturated heterocycles. The summed E-state index contributed by atoms with van der Waals surface area (Å²) in [5, 5.41) is 12.8. The fraction of sp³-hybridized carbons (Fsp3) is 0.667. The third kappa shape index (κ3) is 3.72. The standard InChI is InChI=1S/C18H27FN2O/c19-17-12-15(8-9-18(17)22)21-11-10-20-13-16(21)7-6-14-4-2-1-3-5-14/h8-9,12,14,16,20,22H,1-7,10-11,13H2. The minimum absolute atomic E-state index is 0.266. The van der Waals surface area contributed by atoms with E-state index in [9.17, 15) is 9.50 Å². The van der Waals surface area contributed by atoms with Gasteiger partial charge >= 0.3 is 0 Å². The van der Waals surface area contributed by atoms with Crippen LogP contribution in [0.4, 0.5) is 10.1 Å². The Bertz CT molecular complexity index is 488. The van der Waals surface area contributed by atoms with Crippen molar-refractivity contribution >= 4 is 5.69 Å². The number of nitrogens with zero attached hydrogens (tertiary/aromatic N) is 1. The zero-order valence-electron chi connectivity index (χ0n) is 13.2. The Balaban J connectivity index is 1.63. The fourth-order valence-corrected chi connectivity index (χ4v) is 3.94. The smallest absolute Gasteiger partial charge is 0.166 e. The zero-order valence-corrected chi connectivity index (χ0v) is 13.2. The highest BCUT2D eigenvalue weighted by Crippen LogP contribution is 2.30. The summed E-state index contributed by atoms with van der Waals surface area (Å²) in [5.41, 5.74) is 0.894. The number of rotatable bonds is 4. The topological polar surface area (TPSA) is 35.5 Å². The van der Waals surface area contributed by atoms with Crippen molar-refractivity contribution in [2.45, 2.75) is 51.0 Å². The molecular weight excluding hydrogens is 279 g/mol. The number of hydrogen-bond acceptors (Lipinski definition) is 3. The molecule has 1 aromatic rings. The zero-order chi connectivity index (χ0) is 15.4. The van der Waals surface area contributed by atoms with Crippen molar-refractivity contribution in [2.24, 2.45) is 5.92 Å². The Kier molecular flexibility index (Phi) is 5.19. The molecule has 1 unspecified atom stereocenters. The van der Waals surface area contributed by atoms with Gasteiger partial charge in [0.05, 0.1) is 0 Å². The minimum Gasteiger partial charge on any atom is -0.505 e. The van der Waals surface area contributed by atoms with Crippen LogP contribution in [0.2, 0.25) is 0 Å². The number of anilines is 1. The van der Waals surface area contributed by atoms with Gasteiger partial charge in [-0.2, -0.15) is 0 Å². The Labute approximate surface area is 132 Å². The molecule has 0 radical (unpaired) electrons. The number of piperazine rings is 1. The first-order chi connectivity index (χ1) is 10.7. The van der Waals surface area contributed by atoms with Crippen LogP contribution in [0.3, 0.4) is 0 Å². The van der Waals surface area contributed by atoms with Gasteiger partial charge in [0.2, 0.25) is 0 Å². The molecule has 4 heteroatoms. The molecule has 0 aromatic heterocycles. The summed E-state index contributed by atoms with van der Waals surface area (Å²) in [5.74, 6) is 0.0915. The SMILES string of the molecule is Oc1ccc(N2CCNCC2CCC2CCCCC2)cc1F. The molecule has 1 aromatic carbocycles. The normalized spacial score (nSPS) is 23.7. The van der Waals surface area contributed by atoms with Gasteiger partial charge in [0.25, 0.3) is 0 Å². The number of nitrogens with one attached hydrogen (secondary N) is 1. The average molecular weight is 306 g/mol. The number of benzene rings is 1. The van der Waals surface area contributed by atoms with Crippen LogP contribution < -0.4 is 10.2 Å². The second-order valence-corrected chi connectivity index (χ2v) is 6.77. The van der Waals surface area contributed by atoms with Gasteiger partial charge in [-0.3, -0.25) is 0 Å². The van der Waals surface area contributed by atoms with Gasteiger partial charge in [-0.15, -0.1) is 0 Å². The van der Waals surface area contributed by atoms with Crippen molar-refractivity contribution in [3.8, 4) is 5.75 Å². The van der Waals surface area contributed by atoms with Crippen molar-refractivity contribution < 1.29 is 9.50 Å². The molecule has 0 spiro atoms. The maximum Gasteiger partial charge on any atom is 0.166 e. The van der Waals surface area contributed by atoms with Gasteiger partial charge in [-0.25, -0.2) is 4.39 Å². The molecule has 2 N–H and O–H groups in total. The Morgan fingerprint density at radius 2 is 2.00 bits per heavy atom. The molecule has 1 aliphatic carbocycles. The minimum atomic E-state index is -0.526. The van der Waals surface area contributed by atoms with E-state index in [2.05, 4.69) is 10.2 Å². The van der Waals surface area contributed by atoms with Crippen LogP contribution in [0.15, 0.2) is 18.2 Å². The Morgan fingerprint density at radius 1 is 1.18 bits per heavy atom. The van der Waals surface area contributed by atoms with E-state index in [4.69, 9.17) is 0 Å². The van der Waals surface area contributed by atoms with E-state index >= 15 is 0 Å². The van der Waals surface area contributed by atoms with Gasteiger partial charge < -0.3 is 15.3 Å². The van der Waals surface area contributed by atoms with Crippen molar-refractivity contribution in [2.75, 3.05) is 24.5 Å². The van der Waals surface area contributed by atoms with E-state index in [1.165, 1.54) is 57.1 Å². The van der Waals surface area contributed by atoms with Crippen LogP contribution in [-0.4, -0.2) is 30.8 Å². The molecule has 0 bridgehead atoms. The van der Waals surface area contributed by atoms with E-state index in [-0.39, 0.29) is 5.75 Å². The van der Waals surface area contributed by atoms with Gasteiger partial charge in [0.1, 0.15) is 0 Å². The first-order valence-electron chi connectivity index (χ1n) is 8.70. The number of phenols is 1. The lowest BCUT2D eigenvalue weighted by atomic mass is 9.85. The van der Waals surface area contributed by atoms with Crippen LogP contribution >= 0.6 is 0 Å². The van der Waals surface area contributed by atoms with Crippen LogP contribution in [0.1, 0.15) is 44.9 Å². The molecule has 2 fully saturated rings. The molecule has 22 heavy (non-hydrogen) atoms. The second kappa shape index (κ2) is 7.32. The van der Waals surface area contributed by atoms with Crippen LogP contribution in [0.25, 0.3) is 0 Å². The average Bonchev–Trinajstić information content (AvgIpc) is 2.57. The monoisotopic (exact) mass is 306 g/mol. The highest BCUT2D eigenvalue weighted by Gasteiger charge is 2.24. The summed E-state index contributed by atoms with van der Waals surface area (Å²) in [7, 11) is 0. The molecule has 3 rings (SSSR count). The first-order valence-corrected chi connectivity index (χ1v) is 8.70. The highest BCUT2D eigenvalue weighted by atomic mass is 19.1. The summed E-state index contributed by atoms with van der Waals surface area (Å²) in [6, 6.07) is 5.19. The van der Waals surface area contributed by atoms with E-state index in [1.807, 2.05) is 6.07 Å². The largest absolute Gasteiger partial charge is 0.505 e. The molecule has 1 saturated carbocycles. The van der Waals surface area contributed by atoms with E-state index in [0.717, 1.165) is 31.2 Å². The molecule has 3 nitrogen and oxygen atoms in total. The third-order valence-corrected chi connectivity index (χ3v) is 5.25. The van der Waals surface area contributed by atoms with Crippen molar-refractivity contribution in [3.05, 3.63) is 24.0 Å². The second-order valence-electron chi connectivity index (χ2n) is 6.77.